The predicted octanol–water partition coefficient (Wildman–Crippen LogP) is -3.95. The van der Waals surface area contributed by atoms with Gasteiger partial charge in [-0.2, -0.15) is 0 Å². The Hall–Kier alpha value is -0.400. The zero-order valence-corrected chi connectivity index (χ0v) is 11.4. The molecule has 14 N–H and O–H groups in total. The summed E-state index contributed by atoms with van der Waals surface area (Å²) >= 11 is 0. The van der Waals surface area contributed by atoms with Gasteiger partial charge in [-0.05, 0) is 0 Å². The summed E-state index contributed by atoms with van der Waals surface area (Å²) in [5.74, 6) is -0.333. The lowest BCUT2D eigenvalue weighted by atomic mass is 11.1. The van der Waals surface area contributed by atoms with E-state index in [0.717, 1.165) is 0 Å². The van der Waals surface area contributed by atoms with Crippen molar-refractivity contribution >= 4 is 29.4 Å². The Balaban J connectivity index is -0.0000000793. The third-order valence-corrected chi connectivity index (χ3v) is 0. The molecule has 18 heteroatoms. The van der Waals surface area contributed by atoms with Crippen molar-refractivity contribution in [2.75, 3.05) is 0 Å². The Kier molecular flexibility index (Phi) is 16.3. The van der Waals surface area contributed by atoms with Gasteiger partial charge in [0.05, 0.1) is 0 Å². The fraction of sp³-hybridized carbons (Fsp3) is 0. The smallest absolute Gasteiger partial charge is 0.370 e. The van der Waals surface area contributed by atoms with Crippen LogP contribution < -0.4 is 11.5 Å². The minimum absolute atomic E-state index is 0.333. The van der Waals surface area contributed by atoms with Gasteiger partial charge in [0, 0.05) is 0 Å². The first-order chi connectivity index (χ1) is 7.73. The molecule has 0 aromatic carbocycles. The number of nitrogens with one attached hydrogen (secondary N) is 1. The highest BCUT2D eigenvalue weighted by atomic mass is 31.2. The summed E-state index contributed by atoms with van der Waals surface area (Å²) in [6, 6.07) is 0. The van der Waals surface area contributed by atoms with Gasteiger partial charge in [0.25, 0.3) is 0 Å². The van der Waals surface area contributed by atoms with E-state index >= 15 is 0 Å². The van der Waals surface area contributed by atoms with Gasteiger partial charge >= 0.3 is 23.5 Å². The number of hydrogen-bond donors (Lipinski definition) is 12. The lowest BCUT2D eigenvalue weighted by molar-refractivity contribution is 0.272. The van der Waals surface area contributed by atoms with Crippen LogP contribution in [0.15, 0.2) is 0 Å². The van der Waals surface area contributed by atoms with Gasteiger partial charge in [0.2, 0.25) is 0 Å². The summed E-state index contributed by atoms with van der Waals surface area (Å²) in [4.78, 5) is 64.7. The number of rotatable bonds is 0. The molecule has 0 aromatic heterocycles. The van der Waals surface area contributed by atoms with Gasteiger partial charge in [0.15, 0.2) is 5.96 Å². The number of nitrogens with two attached hydrogens (primary N) is 2. The Morgan fingerprint density at radius 1 is 0.632 bits per heavy atom. The van der Waals surface area contributed by atoms with E-state index < -0.39 is 23.5 Å². The van der Waals surface area contributed by atoms with Crippen LogP contribution in [-0.2, 0) is 13.7 Å². The molecular weight excluding hydrogens is 339 g/mol. The third kappa shape index (κ3) is 26800. The molecule has 0 amide bonds. The van der Waals surface area contributed by atoms with Crippen molar-refractivity contribution in [3.05, 3.63) is 0 Å². The maximum Gasteiger partial charge on any atom is 0.466 e. The number of guanidine groups is 1. The van der Waals surface area contributed by atoms with E-state index in [1.807, 2.05) is 0 Å². The van der Waals surface area contributed by atoms with Gasteiger partial charge in [0.1, 0.15) is 0 Å². The Morgan fingerprint density at radius 2 is 0.632 bits per heavy atom. The van der Waals surface area contributed by atoms with Crippen LogP contribution in [0, 0.1) is 5.41 Å². The van der Waals surface area contributed by atoms with E-state index in [0.29, 0.717) is 0 Å². The lowest BCUT2D eigenvalue weighted by Crippen LogP contribution is -2.20. The van der Waals surface area contributed by atoms with Crippen LogP contribution in [0.3, 0.4) is 0 Å². The third-order valence-electron chi connectivity index (χ3n) is 0. The van der Waals surface area contributed by atoms with Crippen LogP contribution in [0.5, 0.6) is 0 Å². The van der Waals surface area contributed by atoms with Crippen molar-refractivity contribution in [1.82, 2.24) is 0 Å². The van der Waals surface area contributed by atoms with Crippen LogP contribution in [0.2, 0.25) is 0 Å². The van der Waals surface area contributed by atoms with Crippen molar-refractivity contribution in [2.45, 2.75) is 0 Å². The van der Waals surface area contributed by atoms with E-state index in [-0.39, 0.29) is 5.96 Å². The van der Waals surface area contributed by atoms with Crippen molar-refractivity contribution in [2.24, 2.45) is 11.5 Å². The fourth-order valence-electron chi connectivity index (χ4n) is 0. The van der Waals surface area contributed by atoms with Crippen molar-refractivity contribution in [3.8, 4) is 0 Å². The summed E-state index contributed by atoms with van der Waals surface area (Å²) in [7, 11) is -13.9. The summed E-state index contributed by atoms with van der Waals surface area (Å²) < 4.78 is 26.6. The molecule has 0 heterocycles. The molecule has 19 heavy (non-hydrogen) atoms. The minimum Gasteiger partial charge on any atom is -0.370 e. The molecule has 0 aliphatic heterocycles. The van der Waals surface area contributed by atoms with Gasteiger partial charge in [-0.3, -0.25) is 5.41 Å². The summed E-state index contributed by atoms with van der Waals surface area (Å²) in [6.07, 6.45) is 0. The molecule has 0 rings (SSSR count). The maximum absolute atomic E-state index is 8.88. The largest absolute Gasteiger partial charge is 0.466 e. The van der Waals surface area contributed by atoms with Gasteiger partial charge in [-0.1, -0.05) is 0 Å². The number of hydrogen-bond acceptors (Lipinski definition) is 4. The van der Waals surface area contributed by atoms with Crippen molar-refractivity contribution in [3.63, 3.8) is 0 Å². The van der Waals surface area contributed by atoms with E-state index in [1.54, 1.807) is 0 Å². The first-order valence-corrected chi connectivity index (χ1v) is 7.87. The summed E-state index contributed by atoms with van der Waals surface area (Å²) in [5, 5.41) is 6.06. The topological polar surface area (TPSA) is 309 Å². The predicted molar refractivity (Wildman–Crippen MR) is 58.9 cm³/mol. The molecule has 15 nitrogen and oxygen atoms in total. The first kappa shape index (κ1) is 27.0. The second kappa shape index (κ2) is 11.4. The second-order valence-electron chi connectivity index (χ2n) is 2.00. The fourth-order valence-corrected chi connectivity index (χ4v) is 0. The SMILES string of the molecule is N=C(N)N.O=P(O)(O)O.O=P(O)(O)O.O=P(O)(O)O. The monoisotopic (exact) mass is 353 g/mol. The van der Waals surface area contributed by atoms with Crippen LogP contribution >= 0.6 is 23.5 Å². The molecule has 0 aromatic rings. The lowest BCUT2D eigenvalue weighted by Gasteiger charge is -1.82. The Bertz CT molecular complexity index is 284. The average Bonchev–Trinajstić information content (AvgIpc) is 1.66. The van der Waals surface area contributed by atoms with E-state index in [1.165, 1.54) is 0 Å². The molecule has 120 valence electrons. The highest BCUT2D eigenvalue weighted by Crippen LogP contribution is 2.26. The standard InChI is InChI=1S/CH5N3.3H3O4P/c2-1(3)4;3*1-5(2,3)4/h(H5,2,3,4);3*(H3,1,2,3,4). The quantitative estimate of drug-likeness (QED) is 0.112. The van der Waals surface area contributed by atoms with Gasteiger partial charge in [-0.25, -0.2) is 13.7 Å². The molecule has 0 spiro atoms. The molecular formula is CH14N3O12P3. The van der Waals surface area contributed by atoms with Crippen molar-refractivity contribution < 1.29 is 57.7 Å². The van der Waals surface area contributed by atoms with Gasteiger partial charge < -0.3 is 55.5 Å². The average molecular weight is 353 g/mol. The Morgan fingerprint density at radius 3 is 0.632 bits per heavy atom. The highest BCUT2D eigenvalue weighted by Gasteiger charge is 2.01. The zero-order chi connectivity index (χ0) is 17.1. The summed E-state index contributed by atoms with van der Waals surface area (Å²) in [5.41, 5.74) is 8.94. The minimum atomic E-state index is -4.64. The molecule has 0 saturated heterocycles. The second-order valence-corrected chi connectivity index (χ2v) is 5.07. The van der Waals surface area contributed by atoms with E-state index in [4.69, 9.17) is 63.1 Å². The molecule has 0 fully saturated rings. The molecule has 0 radical (unpaired) electrons. The van der Waals surface area contributed by atoms with Crippen LogP contribution in [0.1, 0.15) is 0 Å². The normalized spacial score (nSPS) is 10.6. The van der Waals surface area contributed by atoms with Crippen molar-refractivity contribution in [1.29, 1.82) is 5.41 Å². The van der Waals surface area contributed by atoms with E-state index in [2.05, 4.69) is 11.5 Å². The van der Waals surface area contributed by atoms with Gasteiger partial charge in [-0.15, -0.1) is 0 Å². The molecule has 0 atom stereocenters. The zero-order valence-electron chi connectivity index (χ0n) is 8.75. The molecule has 0 aliphatic rings. The van der Waals surface area contributed by atoms with Crippen LogP contribution in [-0.4, -0.2) is 50.0 Å². The highest BCUT2D eigenvalue weighted by molar-refractivity contribution is 7.45. The first-order valence-electron chi connectivity index (χ1n) is 3.18. The van der Waals surface area contributed by atoms with Crippen LogP contribution in [0.4, 0.5) is 0 Å². The summed E-state index contributed by atoms with van der Waals surface area (Å²) in [6.45, 7) is 0. The molecule has 0 aliphatic carbocycles. The Labute approximate surface area is 105 Å². The molecule has 0 unspecified atom stereocenters. The van der Waals surface area contributed by atoms with E-state index in [9.17, 15) is 0 Å². The molecule has 0 saturated carbocycles. The number of phosphoric acid groups is 3. The molecule has 0 bridgehead atoms. The van der Waals surface area contributed by atoms with Crippen LogP contribution in [0.25, 0.3) is 0 Å². The maximum atomic E-state index is 8.88.